The van der Waals surface area contributed by atoms with Crippen LogP contribution in [0.5, 0.6) is 0 Å². The number of carbonyl (C=O) groups is 2. The van der Waals surface area contributed by atoms with Gasteiger partial charge in [-0.3, -0.25) is 4.79 Å². The lowest BCUT2D eigenvalue weighted by molar-refractivity contribution is -0.115. The van der Waals surface area contributed by atoms with Gasteiger partial charge in [-0.2, -0.15) is 0 Å². The molecule has 0 radical (unpaired) electrons. The number of hydrogen-bond donors (Lipinski definition) is 3. The first kappa shape index (κ1) is 13.9. The van der Waals surface area contributed by atoms with Crippen LogP contribution in [0.4, 0.5) is 10.5 Å². The first-order chi connectivity index (χ1) is 9.04. The molecule has 0 aromatic heterocycles. The summed E-state index contributed by atoms with van der Waals surface area (Å²) >= 11 is 3.40. The van der Waals surface area contributed by atoms with Crippen LogP contribution in [0.1, 0.15) is 18.4 Å². The molecule has 1 aromatic carbocycles. The molecular formula is C13H16BrN3O2. The Kier molecular flexibility index (Phi) is 4.42. The molecule has 1 aromatic rings. The lowest BCUT2D eigenvalue weighted by Gasteiger charge is -2.08. The minimum Gasteiger partial charge on any atom is -0.335 e. The molecule has 1 aliphatic carbocycles. The molecule has 3 N–H and O–H groups in total. The van der Waals surface area contributed by atoms with Gasteiger partial charge in [-0.25, -0.2) is 4.79 Å². The van der Waals surface area contributed by atoms with E-state index in [-0.39, 0.29) is 24.5 Å². The Morgan fingerprint density at radius 3 is 2.74 bits per heavy atom. The van der Waals surface area contributed by atoms with Crippen molar-refractivity contribution in [1.29, 1.82) is 0 Å². The number of rotatable bonds is 4. The van der Waals surface area contributed by atoms with Crippen molar-refractivity contribution >= 4 is 33.6 Å². The minimum absolute atomic E-state index is 0.0341. The highest BCUT2D eigenvalue weighted by Crippen LogP contribution is 2.20. The van der Waals surface area contributed by atoms with E-state index in [0.29, 0.717) is 0 Å². The fourth-order valence-electron chi connectivity index (χ4n) is 1.55. The molecule has 0 bridgehead atoms. The Balaban J connectivity index is 1.76. The summed E-state index contributed by atoms with van der Waals surface area (Å²) in [5.74, 6) is -0.243. The fourth-order valence-corrected chi connectivity index (χ4v) is 1.80. The van der Waals surface area contributed by atoms with Crippen LogP contribution in [0.15, 0.2) is 22.7 Å². The molecule has 0 aliphatic heterocycles. The average molecular weight is 326 g/mol. The predicted molar refractivity (Wildman–Crippen MR) is 77.1 cm³/mol. The van der Waals surface area contributed by atoms with Crippen molar-refractivity contribution in [3.63, 3.8) is 0 Å². The topological polar surface area (TPSA) is 70.2 Å². The van der Waals surface area contributed by atoms with Crippen molar-refractivity contribution in [3.05, 3.63) is 28.2 Å². The summed E-state index contributed by atoms with van der Waals surface area (Å²) in [6, 6.07) is 5.55. The van der Waals surface area contributed by atoms with Crippen molar-refractivity contribution in [3.8, 4) is 0 Å². The Hall–Kier alpha value is -1.56. The van der Waals surface area contributed by atoms with Gasteiger partial charge in [0.2, 0.25) is 5.91 Å². The Labute approximate surface area is 120 Å². The largest absolute Gasteiger partial charge is 0.335 e. The molecule has 2 rings (SSSR count). The predicted octanol–water partition coefficient (Wildman–Crippen LogP) is 2.16. The molecule has 1 fully saturated rings. The number of halogens is 1. The van der Waals surface area contributed by atoms with Crippen molar-refractivity contribution in [2.45, 2.75) is 25.8 Å². The number of amides is 3. The third kappa shape index (κ3) is 4.55. The van der Waals surface area contributed by atoms with Crippen LogP contribution in [0.3, 0.4) is 0 Å². The number of urea groups is 1. The summed E-state index contributed by atoms with van der Waals surface area (Å²) < 4.78 is 0.993. The fraction of sp³-hybridized carbons (Fsp3) is 0.385. The standard InChI is InChI=1S/C13H16BrN3O2/c1-8-6-10(4-5-11(8)14)16-12(18)7-15-13(19)17-9-2-3-9/h4-6,9H,2-3,7H2,1H3,(H,16,18)(H2,15,17,19). The van der Waals surface area contributed by atoms with E-state index in [9.17, 15) is 9.59 Å². The Bertz CT molecular complexity index is 501. The molecule has 0 unspecified atom stereocenters. The zero-order chi connectivity index (χ0) is 13.8. The molecule has 6 heteroatoms. The summed E-state index contributed by atoms with van der Waals surface area (Å²) in [4.78, 5) is 23.0. The summed E-state index contributed by atoms with van der Waals surface area (Å²) in [6.07, 6.45) is 2.05. The molecule has 102 valence electrons. The number of anilines is 1. The maximum Gasteiger partial charge on any atom is 0.315 e. The zero-order valence-electron chi connectivity index (χ0n) is 10.6. The molecule has 1 saturated carbocycles. The van der Waals surface area contributed by atoms with Gasteiger partial charge in [0.15, 0.2) is 0 Å². The number of hydrogen-bond acceptors (Lipinski definition) is 2. The monoisotopic (exact) mass is 325 g/mol. The zero-order valence-corrected chi connectivity index (χ0v) is 12.2. The van der Waals surface area contributed by atoms with E-state index in [1.54, 1.807) is 6.07 Å². The van der Waals surface area contributed by atoms with E-state index >= 15 is 0 Å². The van der Waals surface area contributed by atoms with Gasteiger partial charge in [-0.1, -0.05) is 15.9 Å². The average Bonchev–Trinajstić information content (AvgIpc) is 3.15. The van der Waals surface area contributed by atoms with Crippen LogP contribution >= 0.6 is 15.9 Å². The van der Waals surface area contributed by atoms with E-state index in [1.165, 1.54) is 0 Å². The minimum atomic E-state index is -0.287. The molecule has 0 heterocycles. The number of carbonyl (C=O) groups excluding carboxylic acids is 2. The van der Waals surface area contributed by atoms with Gasteiger partial charge in [-0.05, 0) is 43.5 Å². The second-order valence-corrected chi connectivity index (χ2v) is 5.47. The highest BCUT2D eigenvalue weighted by molar-refractivity contribution is 9.10. The van der Waals surface area contributed by atoms with Crippen molar-refractivity contribution in [1.82, 2.24) is 10.6 Å². The molecule has 3 amide bonds. The van der Waals surface area contributed by atoms with Crippen LogP contribution in [-0.4, -0.2) is 24.5 Å². The molecule has 0 atom stereocenters. The molecule has 0 saturated heterocycles. The maximum absolute atomic E-state index is 11.6. The highest BCUT2D eigenvalue weighted by atomic mass is 79.9. The number of nitrogens with one attached hydrogen (secondary N) is 3. The first-order valence-electron chi connectivity index (χ1n) is 6.15. The van der Waals surface area contributed by atoms with E-state index in [4.69, 9.17) is 0 Å². The summed E-state index contributed by atoms with van der Waals surface area (Å²) in [7, 11) is 0. The van der Waals surface area contributed by atoms with Crippen molar-refractivity contribution < 1.29 is 9.59 Å². The second kappa shape index (κ2) is 6.06. The van der Waals surface area contributed by atoms with Gasteiger partial charge < -0.3 is 16.0 Å². The first-order valence-corrected chi connectivity index (χ1v) is 6.94. The Morgan fingerprint density at radius 1 is 1.37 bits per heavy atom. The lowest BCUT2D eigenvalue weighted by atomic mass is 10.2. The van der Waals surface area contributed by atoms with Crippen molar-refractivity contribution in [2.75, 3.05) is 11.9 Å². The summed E-state index contributed by atoms with van der Waals surface area (Å²) in [5, 5.41) is 8.01. The smallest absolute Gasteiger partial charge is 0.315 e. The van der Waals surface area contributed by atoms with Crippen LogP contribution in [0.25, 0.3) is 0 Å². The third-order valence-electron chi connectivity index (χ3n) is 2.76. The van der Waals surface area contributed by atoms with Gasteiger partial charge >= 0.3 is 6.03 Å². The SMILES string of the molecule is Cc1cc(NC(=O)CNC(=O)NC2CC2)ccc1Br. The molecule has 1 aliphatic rings. The van der Waals surface area contributed by atoms with Crippen LogP contribution < -0.4 is 16.0 Å². The molecule has 0 spiro atoms. The van der Waals surface area contributed by atoms with E-state index < -0.39 is 0 Å². The van der Waals surface area contributed by atoms with Gasteiger partial charge in [-0.15, -0.1) is 0 Å². The molecule has 5 nitrogen and oxygen atoms in total. The Morgan fingerprint density at radius 2 is 2.11 bits per heavy atom. The van der Waals surface area contributed by atoms with E-state index in [1.807, 2.05) is 19.1 Å². The van der Waals surface area contributed by atoms with E-state index in [0.717, 1.165) is 28.6 Å². The van der Waals surface area contributed by atoms with Gasteiger partial charge in [0.25, 0.3) is 0 Å². The summed E-state index contributed by atoms with van der Waals surface area (Å²) in [5.41, 5.74) is 1.76. The van der Waals surface area contributed by atoms with Crippen LogP contribution in [0, 0.1) is 6.92 Å². The van der Waals surface area contributed by atoms with Gasteiger partial charge in [0.1, 0.15) is 0 Å². The maximum atomic E-state index is 11.6. The highest BCUT2D eigenvalue weighted by Gasteiger charge is 2.23. The molecule has 19 heavy (non-hydrogen) atoms. The second-order valence-electron chi connectivity index (χ2n) is 4.61. The quantitative estimate of drug-likeness (QED) is 0.793. The van der Waals surface area contributed by atoms with Crippen molar-refractivity contribution in [2.24, 2.45) is 0 Å². The van der Waals surface area contributed by atoms with Gasteiger partial charge in [0, 0.05) is 16.2 Å². The van der Waals surface area contributed by atoms with Crippen LogP contribution in [-0.2, 0) is 4.79 Å². The van der Waals surface area contributed by atoms with Gasteiger partial charge in [0.05, 0.1) is 6.54 Å². The third-order valence-corrected chi connectivity index (χ3v) is 3.65. The lowest BCUT2D eigenvalue weighted by Crippen LogP contribution is -2.40. The van der Waals surface area contributed by atoms with E-state index in [2.05, 4.69) is 31.9 Å². The normalized spacial score (nSPS) is 13.8. The van der Waals surface area contributed by atoms with Crippen LogP contribution in [0.2, 0.25) is 0 Å². The number of benzene rings is 1. The molecular weight excluding hydrogens is 310 g/mol. The number of aryl methyl sites for hydroxylation is 1. The summed E-state index contributed by atoms with van der Waals surface area (Å²) in [6.45, 7) is 1.91.